The van der Waals surface area contributed by atoms with E-state index in [0.29, 0.717) is 17.6 Å². The molecule has 0 saturated heterocycles. The number of anilines is 1. The largest absolute Gasteiger partial charge is 0.758 e. The molecule has 0 saturated carbocycles. The molecule has 2 rings (SSSR count). The summed E-state index contributed by atoms with van der Waals surface area (Å²) in [5.74, 6) is -1.83. The van der Waals surface area contributed by atoms with Gasteiger partial charge >= 0.3 is 11.6 Å². The quantitative estimate of drug-likeness (QED) is 0.328. The number of hydrogen-bond donors (Lipinski definition) is 2. The Hall–Kier alpha value is -3.40. The normalized spacial score (nSPS) is 11.6. The van der Waals surface area contributed by atoms with E-state index in [4.69, 9.17) is 9.15 Å². The lowest BCUT2D eigenvalue weighted by Crippen LogP contribution is -2.43. The fourth-order valence-corrected chi connectivity index (χ4v) is 2.90. The summed E-state index contributed by atoms with van der Waals surface area (Å²) in [5, 5.41) is 18.0. The molecule has 0 bridgehead atoms. The molecule has 0 aliphatic heterocycles. The molecule has 31 heavy (non-hydrogen) atoms. The van der Waals surface area contributed by atoms with Crippen LogP contribution in [0.3, 0.4) is 0 Å². The highest BCUT2D eigenvalue weighted by Crippen LogP contribution is 2.21. The van der Waals surface area contributed by atoms with Crippen molar-refractivity contribution in [3.05, 3.63) is 45.5 Å². The zero-order valence-electron chi connectivity index (χ0n) is 17.7. The Kier molecular flexibility index (Phi) is 8.56. The van der Waals surface area contributed by atoms with Gasteiger partial charge in [-0.1, -0.05) is 0 Å². The van der Waals surface area contributed by atoms with Crippen LogP contribution in [0.5, 0.6) is 0 Å². The first-order chi connectivity index (χ1) is 14.8. The van der Waals surface area contributed by atoms with Crippen molar-refractivity contribution in [1.82, 2.24) is 10.6 Å². The molecule has 0 aliphatic rings. The number of nitrogens with one attached hydrogen (secondary N) is 2. The lowest BCUT2D eigenvalue weighted by Gasteiger charge is -2.28. The van der Waals surface area contributed by atoms with Crippen molar-refractivity contribution >= 4 is 34.4 Å². The summed E-state index contributed by atoms with van der Waals surface area (Å²) in [6.45, 7) is 5.83. The molecule has 1 aromatic heterocycles. The van der Waals surface area contributed by atoms with Crippen molar-refractivity contribution < 1.29 is 23.5 Å². The minimum atomic E-state index is -1.12. The molecule has 2 N–H and O–H groups in total. The SMILES string of the molecule is CCNC(=O)CC[C@H](NC(=O)c1cc2cc(N([O-])CC)ccc2oc1=O)C(=O)OCC. The first kappa shape index (κ1) is 23.9. The van der Waals surface area contributed by atoms with Gasteiger partial charge in [-0.3, -0.25) is 9.59 Å². The van der Waals surface area contributed by atoms with E-state index >= 15 is 0 Å². The van der Waals surface area contributed by atoms with Gasteiger partial charge in [0, 0.05) is 30.6 Å². The number of rotatable bonds is 10. The Balaban J connectivity index is 2.28. The van der Waals surface area contributed by atoms with Crippen LogP contribution in [0.2, 0.25) is 0 Å². The van der Waals surface area contributed by atoms with Crippen molar-refractivity contribution in [2.75, 3.05) is 24.8 Å². The lowest BCUT2D eigenvalue weighted by molar-refractivity contribution is -0.145. The van der Waals surface area contributed by atoms with E-state index in [0.717, 1.165) is 5.06 Å². The number of carbonyl (C=O) groups is 3. The summed E-state index contributed by atoms with van der Waals surface area (Å²) in [6.07, 6.45) is -0.00917. The third-order valence-electron chi connectivity index (χ3n) is 4.45. The molecule has 168 valence electrons. The van der Waals surface area contributed by atoms with E-state index in [1.165, 1.54) is 24.3 Å². The lowest BCUT2D eigenvalue weighted by atomic mass is 10.1. The van der Waals surface area contributed by atoms with Crippen LogP contribution in [0.15, 0.2) is 33.5 Å². The number of esters is 1. The molecule has 0 radical (unpaired) electrons. The van der Waals surface area contributed by atoms with E-state index in [1.807, 2.05) is 0 Å². The average molecular weight is 432 g/mol. The van der Waals surface area contributed by atoms with Crippen molar-refractivity contribution in [1.29, 1.82) is 0 Å². The summed E-state index contributed by atoms with van der Waals surface area (Å²) in [5.41, 5.74) is -0.654. The molecule has 10 heteroatoms. The molecule has 1 aromatic carbocycles. The molecule has 1 atom stereocenters. The summed E-state index contributed by atoms with van der Waals surface area (Å²) in [6, 6.07) is 4.68. The van der Waals surface area contributed by atoms with Gasteiger partial charge in [-0.25, -0.2) is 9.59 Å². The molecular weight excluding hydrogens is 406 g/mol. The number of ether oxygens (including phenoxy) is 1. The molecule has 2 aromatic rings. The fourth-order valence-electron chi connectivity index (χ4n) is 2.90. The maximum Gasteiger partial charge on any atom is 0.349 e. The molecule has 1 heterocycles. The van der Waals surface area contributed by atoms with E-state index in [-0.39, 0.29) is 43.0 Å². The smallest absolute Gasteiger partial charge is 0.349 e. The van der Waals surface area contributed by atoms with Gasteiger partial charge in [-0.15, -0.1) is 0 Å². The fraction of sp³-hybridized carbons (Fsp3) is 0.429. The minimum Gasteiger partial charge on any atom is -0.758 e. The first-order valence-electron chi connectivity index (χ1n) is 10.1. The van der Waals surface area contributed by atoms with Crippen LogP contribution in [-0.2, 0) is 14.3 Å². The summed E-state index contributed by atoms with van der Waals surface area (Å²) >= 11 is 0. The molecule has 0 unspecified atom stereocenters. The number of nitrogens with zero attached hydrogens (tertiary/aromatic N) is 1. The molecule has 0 spiro atoms. The van der Waals surface area contributed by atoms with Crippen molar-refractivity contribution in [3.63, 3.8) is 0 Å². The van der Waals surface area contributed by atoms with Gasteiger partial charge in [-0.05, 0) is 51.5 Å². The van der Waals surface area contributed by atoms with Crippen LogP contribution in [-0.4, -0.2) is 43.5 Å². The van der Waals surface area contributed by atoms with Crippen LogP contribution in [0.1, 0.15) is 44.0 Å². The highest BCUT2D eigenvalue weighted by atomic mass is 16.5. The van der Waals surface area contributed by atoms with E-state index < -0.39 is 23.5 Å². The standard InChI is InChI=1S/C21H26N3O7/c1-4-22-18(25)10-8-16(21(28)30-6-3)23-19(26)15-12-13-11-14(24(29)5-2)7-9-17(13)31-20(15)27/h7,9,11-12,16H,4-6,8,10H2,1-3H3,(H,22,25)(H,23,26)/q-1/t16-/m0/s1. The Morgan fingerprint density at radius 3 is 2.58 bits per heavy atom. The van der Waals surface area contributed by atoms with Crippen molar-refractivity contribution in [2.45, 2.75) is 39.7 Å². The maximum atomic E-state index is 12.7. The van der Waals surface area contributed by atoms with Crippen LogP contribution in [0, 0.1) is 5.21 Å². The first-order valence-corrected chi connectivity index (χ1v) is 10.1. The summed E-state index contributed by atoms with van der Waals surface area (Å²) < 4.78 is 10.1. The summed E-state index contributed by atoms with van der Waals surface area (Å²) in [4.78, 5) is 49.0. The number of carbonyl (C=O) groups excluding carboxylic acids is 3. The van der Waals surface area contributed by atoms with Crippen LogP contribution < -0.4 is 21.3 Å². The monoisotopic (exact) mass is 432 g/mol. The van der Waals surface area contributed by atoms with E-state index in [2.05, 4.69) is 10.6 Å². The molecule has 0 fully saturated rings. The topological polar surface area (TPSA) is 141 Å². The van der Waals surface area contributed by atoms with E-state index in [9.17, 15) is 24.4 Å². The number of amides is 2. The van der Waals surface area contributed by atoms with Crippen LogP contribution >= 0.6 is 0 Å². The van der Waals surface area contributed by atoms with Gasteiger partial charge in [0.25, 0.3) is 5.91 Å². The second kappa shape index (κ2) is 11.1. The second-order valence-electron chi connectivity index (χ2n) is 6.63. The highest BCUT2D eigenvalue weighted by Gasteiger charge is 2.25. The Morgan fingerprint density at radius 2 is 1.94 bits per heavy atom. The predicted molar refractivity (Wildman–Crippen MR) is 115 cm³/mol. The predicted octanol–water partition coefficient (Wildman–Crippen LogP) is 1.69. The number of fused-ring (bicyclic) bond motifs is 1. The summed E-state index contributed by atoms with van der Waals surface area (Å²) in [7, 11) is 0. The average Bonchev–Trinajstić information content (AvgIpc) is 2.75. The van der Waals surface area contributed by atoms with E-state index in [1.54, 1.807) is 20.8 Å². The Labute approximate surface area is 179 Å². The van der Waals surface area contributed by atoms with Gasteiger partial charge in [0.15, 0.2) is 0 Å². The van der Waals surface area contributed by atoms with Gasteiger partial charge < -0.3 is 30.1 Å². The van der Waals surface area contributed by atoms with Crippen LogP contribution in [0.25, 0.3) is 11.0 Å². The minimum absolute atomic E-state index is 0.00110. The molecule has 2 amide bonds. The Morgan fingerprint density at radius 1 is 1.19 bits per heavy atom. The number of hydrogen-bond acceptors (Lipinski definition) is 8. The third-order valence-corrected chi connectivity index (χ3v) is 4.45. The van der Waals surface area contributed by atoms with Crippen molar-refractivity contribution in [2.24, 2.45) is 0 Å². The third kappa shape index (κ3) is 6.29. The second-order valence-corrected chi connectivity index (χ2v) is 6.63. The zero-order chi connectivity index (χ0) is 23.0. The molecule has 0 aliphatic carbocycles. The van der Waals surface area contributed by atoms with Gasteiger partial charge in [0.05, 0.1) is 6.61 Å². The maximum absolute atomic E-state index is 12.7. The molecular formula is C21H26N3O7-. The highest BCUT2D eigenvalue weighted by molar-refractivity contribution is 5.99. The Bertz CT molecular complexity index is 1000. The molecule has 10 nitrogen and oxygen atoms in total. The van der Waals surface area contributed by atoms with Crippen LogP contribution in [0.4, 0.5) is 5.69 Å². The zero-order valence-corrected chi connectivity index (χ0v) is 17.7. The van der Waals surface area contributed by atoms with Crippen molar-refractivity contribution in [3.8, 4) is 0 Å². The van der Waals surface area contributed by atoms with Gasteiger partial charge in [0.1, 0.15) is 17.2 Å². The number of hydroxylamine groups is 1. The van der Waals surface area contributed by atoms with Gasteiger partial charge in [-0.2, -0.15) is 0 Å². The van der Waals surface area contributed by atoms with Gasteiger partial charge in [0.2, 0.25) is 5.91 Å². The number of benzene rings is 1.